The molecule has 1 aromatic rings. The fraction of sp³-hybridized carbons (Fsp3) is 0.467. The summed E-state index contributed by atoms with van der Waals surface area (Å²) < 4.78 is 0. The van der Waals surface area contributed by atoms with E-state index < -0.39 is 0 Å². The maximum absolute atomic E-state index is 12.1. The van der Waals surface area contributed by atoms with Crippen molar-refractivity contribution in [3.8, 4) is 0 Å². The van der Waals surface area contributed by atoms with Gasteiger partial charge in [-0.05, 0) is 37.3 Å². The second kappa shape index (κ2) is 4.78. The molecular formula is C15H17NO3. The Morgan fingerprint density at radius 1 is 1.11 bits per heavy atom. The van der Waals surface area contributed by atoms with Gasteiger partial charge in [-0.2, -0.15) is 0 Å². The molecule has 2 atom stereocenters. The number of aliphatic hydroxyl groups excluding tert-OH is 1. The van der Waals surface area contributed by atoms with Crippen LogP contribution in [0.15, 0.2) is 24.3 Å². The third-order valence-electron chi connectivity index (χ3n) is 4.22. The van der Waals surface area contributed by atoms with Gasteiger partial charge < -0.3 is 5.11 Å². The molecular weight excluding hydrogens is 242 g/mol. The quantitative estimate of drug-likeness (QED) is 0.843. The van der Waals surface area contributed by atoms with Crippen LogP contribution < -0.4 is 0 Å². The predicted molar refractivity (Wildman–Crippen MR) is 69.8 cm³/mol. The largest absolute Gasteiger partial charge is 0.393 e. The van der Waals surface area contributed by atoms with Crippen LogP contribution in [0.5, 0.6) is 0 Å². The lowest BCUT2D eigenvalue weighted by Crippen LogP contribution is -2.32. The highest BCUT2D eigenvalue weighted by Crippen LogP contribution is 2.30. The van der Waals surface area contributed by atoms with Gasteiger partial charge in [-0.1, -0.05) is 18.6 Å². The highest BCUT2D eigenvalue weighted by molar-refractivity contribution is 6.21. The molecule has 1 fully saturated rings. The van der Waals surface area contributed by atoms with Crippen molar-refractivity contribution in [2.24, 2.45) is 5.92 Å². The number of hydrogen-bond acceptors (Lipinski definition) is 3. The maximum atomic E-state index is 12.1. The number of fused-ring (bicyclic) bond motifs is 1. The summed E-state index contributed by atoms with van der Waals surface area (Å²) in [4.78, 5) is 25.6. The minimum absolute atomic E-state index is 0.201. The average Bonchev–Trinajstić information content (AvgIpc) is 2.93. The van der Waals surface area contributed by atoms with Gasteiger partial charge >= 0.3 is 0 Å². The summed E-state index contributed by atoms with van der Waals surface area (Å²) in [7, 11) is 0. The Morgan fingerprint density at radius 3 is 2.26 bits per heavy atom. The SMILES string of the molecule is O=C1c2ccccc2C(=O)N1CCC1CCCC1O. The Labute approximate surface area is 112 Å². The van der Waals surface area contributed by atoms with Gasteiger partial charge in [0.25, 0.3) is 11.8 Å². The topological polar surface area (TPSA) is 57.6 Å². The zero-order valence-corrected chi connectivity index (χ0v) is 10.7. The van der Waals surface area contributed by atoms with Crippen LogP contribution >= 0.6 is 0 Å². The van der Waals surface area contributed by atoms with Crippen LogP contribution in [0.1, 0.15) is 46.4 Å². The Bertz CT molecular complexity index is 491. The molecule has 1 aromatic carbocycles. The smallest absolute Gasteiger partial charge is 0.261 e. The summed E-state index contributed by atoms with van der Waals surface area (Å²) in [6.45, 7) is 0.411. The Hall–Kier alpha value is -1.68. The fourth-order valence-electron chi connectivity index (χ4n) is 3.09. The van der Waals surface area contributed by atoms with E-state index in [0.29, 0.717) is 24.1 Å². The van der Waals surface area contributed by atoms with Gasteiger partial charge in [0.1, 0.15) is 0 Å². The first kappa shape index (κ1) is 12.4. The van der Waals surface area contributed by atoms with E-state index in [1.807, 2.05) is 0 Å². The minimum atomic E-state index is -0.268. The number of carbonyl (C=O) groups is 2. The van der Waals surface area contributed by atoms with Gasteiger partial charge in [0.15, 0.2) is 0 Å². The van der Waals surface area contributed by atoms with E-state index in [-0.39, 0.29) is 23.8 Å². The standard InChI is InChI=1S/C15H17NO3/c17-13-7-3-4-10(13)8-9-16-14(18)11-5-1-2-6-12(11)15(16)19/h1-2,5-6,10,13,17H,3-4,7-9H2. The molecule has 1 heterocycles. The Morgan fingerprint density at radius 2 is 1.74 bits per heavy atom. The van der Waals surface area contributed by atoms with Crippen molar-refractivity contribution in [3.05, 3.63) is 35.4 Å². The molecule has 4 heteroatoms. The van der Waals surface area contributed by atoms with E-state index in [0.717, 1.165) is 19.3 Å². The highest BCUT2D eigenvalue weighted by Gasteiger charge is 2.36. The normalized spacial score (nSPS) is 26.1. The summed E-state index contributed by atoms with van der Waals surface area (Å²) in [6.07, 6.45) is 3.30. The monoisotopic (exact) mass is 259 g/mol. The van der Waals surface area contributed by atoms with E-state index in [1.54, 1.807) is 24.3 Å². The van der Waals surface area contributed by atoms with Crippen molar-refractivity contribution in [2.45, 2.75) is 31.8 Å². The number of aliphatic hydroxyl groups is 1. The number of nitrogens with zero attached hydrogens (tertiary/aromatic N) is 1. The maximum Gasteiger partial charge on any atom is 0.261 e. The van der Waals surface area contributed by atoms with Crippen LogP contribution in [0.2, 0.25) is 0 Å². The molecule has 0 saturated heterocycles. The summed E-state index contributed by atoms with van der Waals surface area (Å²) in [5.74, 6) is -0.175. The van der Waals surface area contributed by atoms with Crippen LogP contribution in [-0.2, 0) is 0 Å². The van der Waals surface area contributed by atoms with Gasteiger partial charge in [0, 0.05) is 6.54 Å². The molecule has 0 bridgehead atoms. The molecule has 0 spiro atoms. The second-order valence-electron chi connectivity index (χ2n) is 5.35. The number of carbonyl (C=O) groups excluding carboxylic acids is 2. The van der Waals surface area contributed by atoms with Crippen molar-refractivity contribution >= 4 is 11.8 Å². The number of imide groups is 1. The molecule has 1 saturated carbocycles. The highest BCUT2D eigenvalue weighted by atomic mass is 16.3. The van der Waals surface area contributed by atoms with Crippen molar-refractivity contribution < 1.29 is 14.7 Å². The molecule has 1 aliphatic heterocycles. The van der Waals surface area contributed by atoms with Crippen molar-refractivity contribution in [1.29, 1.82) is 0 Å². The predicted octanol–water partition coefficient (Wildman–Crippen LogP) is 1.83. The van der Waals surface area contributed by atoms with Crippen LogP contribution in [0.4, 0.5) is 0 Å². The number of amides is 2. The summed E-state index contributed by atoms with van der Waals surface area (Å²) in [5, 5.41) is 9.78. The zero-order chi connectivity index (χ0) is 13.4. The first-order valence-electron chi connectivity index (χ1n) is 6.82. The Kier molecular flexibility index (Phi) is 3.11. The molecule has 0 radical (unpaired) electrons. The van der Waals surface area contributed by atoms with Crippen molar-refractivity contribution in [2.75, 3.05) is 6.54 Å². The van der Waals surface area contributed by atoms with Gasteiger partial charge in [-0.3, -0.25) is 14.5 Å². The van der Waals surface area contributed by atoms with E-state index in [2.05, 4.69) is 0 Å². The van der Waals surface area contributed by atoms with Crippen molar-refractivity contribution in [3.63, 3.8) is 0 Å². The summed E-state index contributed by atoms with van der Waals surface area (Å²) in [5.41, 5.74) is 0.999. The lowest BCUT2D eigenvalue weighted by molar-refractivity contribution is 0.0620. The van der Waals surface area contributed by atoms with E-state index in [1.165, 1.54) is 4.90 Å². The summed E-state index contributed by atoms with van der Waals surface area (Å²) >= 11 is 0. The Balaban J connectivity index is 1.70. The lowest BCUT2D eigenvalue weighted by atomic mass is 10.0. The number of benzene rings is 1. The van der Waals surface area contributed by atoms with Gasteiger partial charge in [-0.25, -0.2) is 0 Å². The molecule has 2 aliphatic rings. The third-order valence-corrected chi connectivity index (χ3v) is 4.22. The van der Waals surface area contributed by atoms with Crippen molar-refractivity contribution in [1.82, 2.24) is 4.90 Å². The molecule has 1 N–H and O–H groups in total. The average molecular weight is 259 g/mol. The first-order chi connectivity index (χ1) is 9.18. The van der Waals surface area contributed by atoms with E-state index >= 15 is 0 Å². The molecule has 2 unspecified atom stereocenters. The van der Waals surface area contributed by atoms with Crippen LogP contribution in [0.3, 0.4) is 0 Å². The fourth-order valence-corrected chi connectivity index (χ4v) is 3.09. The zero-order valence-electron chi connectivity index (χ0n) is 10.7. The minimum Gasteiger partial charge on any atom is -0.393 e. The number of hydrogen-bond donors (Lipinski definition) is 1. The first-order valence-corrected chi connectivity index (χ1v) is 6.82. The van der Waals surface area contributed by atoms with Crippen LogP contribution in [-0.4, -0.2) is 34.5 Å². The molecule has 0 aromatic heterocycles. The lowest BCUT2D eigenvalue weighted by Gasteiger charge is -2.18. The molecule has 19 heavy (non-hydrogen) atoms. The molecule has 1 aliphatic carbocycles. The van der Waals surface area contributed by atoms with E-state index in [9.17, 15) is 14.7 Å². The molecule has 100 valence electrons. The second-order valence-corrected chi connectivity index (χ2v) is 5.35. The molecule has 3 rings (SSSR count). The van der Waals surface area contributed by atoms with E-state index in [4.69, 9.17) is 0 Å². The molecule has 4 nitrogen and oxygen atoms in total. The van der Waals surface area contributed by atoms with Gasteiger partial charge in [-0.15, -0.1) is 0 Å². The van der Waals surface area contributed by atoms with Gasteiger partial charge in [0.05, 0.1) is 17.2 Å². The third kappa shape index (κ3) is 2.06. The van der Waals surface area contributed by atoms with Crippen LogP contribution in [0, 0.1) is 5.92 Å². The van der Waals surface area contributed by atoms with Crippen LogP contribution in [0.25, 0.3) is 0 Å². The summed E-state index contributed by atoms with van der Waals surface area (Å²) in [6, 6.07) is 6.93. The van der Waals surface area contributed by atoms with Gasteiger partial charge in [0.2, 0.25) is 0 Å². The molecule has 2 amide bonds. The number of rotatable bonds is 3.